The molecule has 0 fully saturated rings. The number of aliphatic imine (C=N–C) groups is 1. The number of nitrogens with two attached hydrogens (primary N) is 1. The number of hydrogen-bond donors (Lipinski definition) is 2. The van der Waals surface area contributed by atoms with E-state index < -0.39 is 6.03 Å². The van der Waals surface area contributed by atoms with Gasteiger partial charge in [0.2, 0.25) is 5.90 Å². The Kier molecular flexibility index (Phi) is 5.15. The van der Waals surface area contributed by atoms with Crippen LogP contribution in [0.25, 0.3) is 0 Å². The molecule has 0 bridgehead atoms. The summed E-state index contributed by atoms with van der Waals surface area (Å²) in [4.78, 5) is 15.4. The molecule has 0 saturated heterocycles. The average Bonchev–Trinajstić information content (AvgIpc) is 3.13. The van der Waals surface area contributed by atoms with E-state index in [4.69, 9.17) is 15.2 Å². The number of nitrogens with zero attached hydrogens (tertiary/aromatic N) is 2. The topological polar surface area (TPSA) is 97.4 Å². The van der Waals surface area contributed by atoms with E-state index in [1.807, 2.05) is 42.5 Å². The summed E-state index contributed by atoms with van der Waals surface area (Å²) in [6, 6.07) is 16.4. The van der Waals surface area contributed by atoms with Gasteiger partial charge in [0.05, 0.1) is 6.54 Å². The average molecular weight is 341 g/mol. The third kappa shape index (κ3) is 4.27. The van der Waals surface area contributed by atoms with Crippen molar-refractivity contribution in [2.24, 2.45) is 10.7 Å². The fourth-order valence-electron chi connectivity index (χ4n) is 2.46. The van der Waals surface area contributed by atoms with Crippen LogP contribution in [0.2, 0.25) is 0 Å². The molecule has 3 N–H and O–H groups in total. The number of hydrogen-bond acceptors (Lipinski definition) is 5. The van der Waals surface area contributed by atoms with Crippen LogP contribution in [0, 0.1) is 0 Å². The second kappa shape index (κ2) is 7.67. The number of hydroxylamine groups is 2. The van der Waals surface area contributed by atoms with E-state index in [-0.39, 0.29) is 19.2 Å². The van der Waals surface area contributed by atoms with E-state index in [0.29, 0.717) is 23.3 Å². The molecule has 1 heterocycles. The first kappa shape index (κ1) is 16.8. The number of carbonyl (C=O) groups excluding carboxylic acids is 1. The number of primary amides is 1. The fourth-order valence-corrected chi connectivity index (χ4v) is 2.46. The van der Waals surface area contributed by atoms with Crippen LogP contribution in [0.3, 0.4) is 0 Å². The third-order valence-corrected chi connectivity index (χ3v) is 3.74. The minimum atomic E-state index is -0.919. The zero-order valence-corrected chi connectivity index (χ0v) is 13.5. The minimum Gasteiger partial charge on any atom is -0.492 e. The highest BCUT2D eigenvalue weighted by Crippen LogP contribution is 2.26. The summed E-state index contributed by atoms with van der Waals surface area (Å²) < 4.78 is 11.2. The summed E-state index contributed by atoms with van der Waals surface area (Å²) in [5.74, 6) is 1.16. The number of benzene rings is 2. The van der Waals surface area contributed by atoms with Crippen LogP contribution in [-0.2, 0) is 4.74 Å². The van der Waals surface area contributed by atoms with Crippen molar-refractivity contribution >= 4 is 11.9 Å². The van der Waals surface area contributed by atoms with Gasteiger partial charge in [0.25, 0.3) is 0 Å². The van der Waals surface area contributed by atoms with Crippen molar-refractivity contribution < 1.29 is 19.5 Å². The maximum absolute atomic E-state index is 10.7. The molecular formula is C18H19N3O4. The van der Waals surface area contributed by atoms with Gasteiger partial charge in [-0.1, -0.05) is 36.4 Å². The molecule has 2 amide bonds. The van der Waals surface area contributed by atoms with Crippen molar-refractivity contribution in [3.63, 3.8) is 0 Å². The highest BCUT2D eigenvalue weighted by molar-refractivity contribution is 5.95. The van der Waals surface area contributed by atoms with Crippen LogP contribution >= 0.6 is 0 Å². The maximum Gasteiger partial charge on any atom is 0.338 e. The number of rotatable bonds is 6. The Hall–Kier alpha value is -3.06. The number of carbonyl (C=O) groups is 1. The van der Waals surface area contributed by atoms with Crippen molar-refractivity contribution in [2.45, 2.75) is 6.04 Å². The zero-order chi connectivity index (χ0) is 17.6. The molecule has 1 unspecified atom stereocenters. The lowest BCUT2D eigenvalue weighted by Crippen LogP contribution is -2.35. The molecule has 3 rings (SSSR count). The van der Waals surface area contributed by atoms with E-state index in [9.17, 15) is 10.0 Å². The second-order valence-corrected chi connectivity index (χ2v) is 5.51. The molecule has 1 atom stereocenters. The van der Waals surface area contributed by atoms with Crippen LogP contribution in [0.4, 0.5) is 4.79 Å². The molecule has 0 saturated carbocycles. The monoisotopic (exact) mass is 341 g/mol. The van der Waals surface area contributed by atoms with Crippen LogP contribution < -0.4 is 10.5 Å². The normalized spacial score (nSPS) is 16.0. The van der Waals surface area contributed by atoms with Gasteiger partial charge in [-0.15, -0.1) is 0 Å². The van der Waals surface area contributed by atoms with Crippen molar-refractivity contribution in [2.75, 3.05) is 19.8 Å². The molecule has 25 heavy (non-hydrogen) atoms. The number of urea groups is 1. The van der Waals surface area contributed by atoms with Gasteiger partial charge in [-0.05, 0) is 23.8 Å². The Balaban J connectivity index is 1.64. The van der Waals surface area contributed by atoms with Gasteiger partial charge in [0.1, 0.15) is 25.0 Å². The second-order valence-electron chi connectivity index (χ2n) is 5.51. The van der Waals surface area contributed by atoms with Gasteiger partial charge in [0, 0.05) is 5.56 Å². The Morgan fingerprint density at radius 3 is 2.84 bits per heavy atom. The fraction of sp³-hybridized carbons (Fsp3) is 0.222. The number of amides is 2. The molecule has 2 aromatic carbocycles. The van der Waals surface area contributed by atoms with Crippen LogP contribution in [-0.4, -0.2) is 42.0 Å². The number of ether oxygens (including phenoxy) is 2. The molecule has 7 nitrogen and oxygen atoms in total. The van der Waals surface area contributed by atoms with E-state index in [1.54, 1.807) is 12.1 Å². The van der Waals surface area contributed by atoms with Crippen molar-refractivity contribution in [3.05, 3.63) is 65.7 Å². The third-order valence-electron chi connectivity index (χ3n) is 3.74. The lowest BCUT2D eigenvalue weighted by molar-refractivity contribution is -0.0464. The van der Waals surface area contributed by atoms with Gasteiger partial charge in [-0.3, -0.25) is 5.21 Å². The summed E-state index contributed by atoms with van der Waals surface area (Å²) in [7, 11) is 0. The molecule has 7 heteroatoms. The highest BCUT2D eigenvalue weighted by atomic mass is 16.5. The minimum absolute atomic E-state index is 0.0145. The van der Waals surface area contributed by atoms with Gasteiger partial charge < -0.3 is 15.2 Å². The summed E-state index contributed by atoms with van der Waals surface area (Å²) >= 11 is 0. The van der Waals surface area contributed by atoms with Gasteiger partial charge >= 0.3 is 6.03 Å². The predicted molar refractivity (Wildman–Crippen MR) is 91.7 cm³/mol. The summed E-state index contributed by atoms with van der Waals surface area (Å²) in [6.45, 7) is 0.596. The molecular weight excluding hydrogens is 322 g/mol. The van der Waals surface area contributed by atoms with Crippen molar-refractivity contribution in [1.82, 2.24) is 5.06 Å². The zero-order valence-electron chi connectivity index (χ0n) is 13.5. The lowest BCUT2D eigenvalue weighted by Gasteiger charge is -2.13. The lowest BCUT2D eigenvalue weighted by atomic mass is 10.1. The SMILES string of the molecule is NC(=O)N(O)CCOc1cccc(C2=NC(c3ccccc3)CO2)c1. The van der Waals surface area contributed by atoms with Crippen LogP contribution in [0.5, 0.6) is 5.75 Å². The molecule has 0 spiro atoms. The standard InChI is InChI=1S/C18H19N3O4/c19-18(22)21(23)9-10-24-15-8-4-7-14(11-15)17-20-16(12-25-17)13-5-2-1-3-6-13/h1-8,11,16,23H,9-10,12H2,(H2,19,22). The van der Waals surface area contributed by atoms with Crippen molar-refractivity contribution in [3.8, 4) is 5.75 Å². The Morgan fingerprint density at radius 2 is 2.08 bits per heavy atom. The predicted octanol–water partition coefficient (Wildman–Crippen LogP) is 2.35. The smallest absolute Gasteiger partial charge is 0.338 e. The Labute approximate surface area is 145 Å². The van der Waals surface area contributed by atoms with Crippen LogP contribution in [0.15, 0.2) is 59.6 Å². The quantitative estimate of drug-likeness (QED) is 0.622. The van der Waals surface area contributed by atoms with Crippen molar-refractivity contribution in [1.29, 1.82) is 0 Å². The van der Waals surface area contributed by atoms with Gasteiger partial charge in [0.15, 0.2) is 0 Å². The molecule has 130 valence electrons. The molecule has 0 aliphatic carbocycles. The molecule has 0 radical (unpaired) electrons. The summed E-state index contributed by atoms with van der Waals surface area (Å²) in [5.41, 5.74) is 6.85. The maximum atomic E-state index is 10.7. The first-order valence-corrected chi connectivity index (χ1v) is 7.88. The van der Waals surface area contributed by atoms with Crippen LogP contribution in [0.1, 0.15) is 17.2 Å². The molecule has 2 aromatic rings. The Bertz CT molecular complexity index is 764. The molecule has 1 aliphatic heterocycles. The first-order chi connectivity index (χ1) is 12.1. The van der Waals surface area contributed by atoms with Gasteiger partial charge in [-0.25, -0.2) is 14.9 Å². The molecule has 1 aliphatic rings. The van der Waals surface area contributed by atoms with E-state index in [0.717, 1.165) is 11.1 Å². The van der Waals surface area contributed by atoms with E-state index >= 15 is 0 Å². The largest absolute Gasteiger partial charge is 0.492 e. The summed E-state index contributed by atoms with van der Waals surface area (Å²) in [6.07, 6.45) is 0. The summed E-state index contributed by atoms with van der Waals surface area (Å²) in [5, 5.41) is 9.61. The highest BCUT2D eigenvalue weighted by Gasteiger charge is 2.21. The van der Waals surface area contributed by atoms with E-state index in [1.165, 1.54) is 0 Å². The Morgan fingerprint density at radius 1 is 1.28 bits per heavy atom. The van der Waals surface area contributed by atoms with E-state index in [2.05, 4.69) is 4.99 Å². The van der Waals surface area contributed by atoms with Gasteiger partial charge in [-0.2, -0.15) is 0 Å². The molecule has 0 aromatic heterocycles. The first-order valence-electron chi connectivity index (χ1n) is 7.88.